The van der Waals surface area contributed by atoms with Crippen LogP contribution in [-0.4, -0.2) is 36.5 Å². The van der Waals surface area contributed by atoms with Gasteiger partial charge in [-0.25, -0.2) is 13.6 Å². The lowest BCUT2D eigenvalue weighted by atomic mass is 10.1. The van der Waals surface area contributed by atoms with Gasteiger partial charge in [0, 0.05) is 7.97 Å². The number of nitrogens with zero attached hydrogens (tertiary/aromatic N) is 1. The first-order valence-electron chi connectivity index (χ1n) is 4.31. The molecular weight excluding hydrogens is 178 g/mol. The predicted octanol–water partition coefficient (Wildman–Crippen LogP) is 1.55. The number of hydrogen-bond acceptors (Lipinski definition) is 1. The number of likely N-dealkylation sites (tertiary alicyclic amines) is 1. The maximum Gasteiger partial charge on any atom is 0.317 e. The van der Waals surface area contributed by atoms with Crippen molar-refractivity contribution in [2.24, 2.45) is 5.92 Å². The number of nitrogens with one attached hydrogen (secondary N) is 1. The van der Waals surface area contributed by atoms with E-state index in [1.165, 1.54) is 0 Å². The Balaban J connectivity index is 0.00000169. The summed E-state index contributed by atoms with van der Waals surface area (Å²) >= 11 is 0. The second kappa shape index (κ2) is 3.47. The van der Waals surface area contributed by atoms with Crippen molar-refractivity contribution in [2.75, 3.05) is 19.6 Å². The third-order valence-corrected chi connectivity index (χ3v) is 1.79. The lowest BCUT2D eigenvalue weighted by Gasteiger charge is -2.38. The topological polar surface area (TPSA) is 32.3 Å². The number of halogens is 2. The monoisotopic (exact) mass is 194 g/mol. The van der Waals surface area contributed by atoms with Crippen LogP contribution in [0.1, 0.15) is 15.3 Å². The van der Waals surface area contributed by atoms with Gasteiger partial charge in [0.05, 0.1) is 13.1 Å². The summed E-state index contributed by atoms with van der Waals surface area (Å²) in [6.07, 6.45) is 0. The quantitative estimate of drug-likeness (QED) is 0.710. The normalized spacial score (nSPS) is 19.9. The number of amides is 2. The maximum absolute atomic E-state index is 12.3. The number of carbonyl (C=O) groups is 1. The molecule has 0 spiro atoms. The molecule has 0 saturated carbocycles. The Hall–Kier alpha value is -0.870. The van der Waals surface area contributed by atoms with Gasteiger partial charge in [0.15, 0.2) is 0 Å². The minimum atomic E-state index is -2.67. The molecule has 5 heteroatoms. The van der Waals surface area contributed by atoms with E-state index in [1.807, 2.05) is 13.8 Å². The fourth-order valence-electron chi connectivity index (χ4n) is 1.06. The average Bonchev–Trinajstić information content (AvgIpc) is 1.95. The van der Waals surface area contributed by atoms with Gasteiger partial charge in [-0.05, 0) is 5.92 Å². The van der Waals surface area contributed by atoms with Crippen LogP contribution in [0.3, 0.4) is 0 Å². The van der Waals surface area contributed by atoms with Gasteiger partial charge in [-0.15, -0.1) is 0 Å². The minimum absolute atomic E-state index is 0. The first-order chi connectivity index (χ1) is 5.91. The van der Waals surface area contributed by atoms with Crippen LogP contribution in [0.15, 0.2) is 0 Å². The van der Waals surface area contributed by atoms with E-state index in [0.29, 0.717) is 12.5 Å². The zero-order valence-electron chi connectivity index (χ0n) is 7.81. The zero-order chi connectivity index (χ0) is 10.1. The van der Waals surface area contributed by atoms with Crippen LogP contribution in [0.25, 0.3) is 0 Å². The molecule has 1 heterocycles. The van der Waals surface area contributed by atoms with Crippen molar-refractivity contribution in [1.29, 1.82) is 0 Å². The number of urea groups is 1. The molecule has 0 aromatic carbocycles. The van der Waals surface area contributed by atoms with Crippen molar-refractivity contribution in [3.63, 3.8) is 0 Å². The highest BCUT2D eigenvalue weighted by molar-refractivity contribution is 5.75. The lowest BCUT2D eigenvalue weighted by Crippen LogP contribution is -2.61. The Morgan fingerprint density at radius 3 is 2.54 bits per heavy atom. The van der Waals surface area contributed by atoms with Gasteiger partial charge in [0.2, 0.25) is 0 Å². The van der Waals surface area contributed by atoms with Gasteiger partial charge in [0.1, 0.15) is 0 Å². The van der Waals surface area contributed by atoms with Crippen LogP contribution in [-0.2, 0) is 0 Å². The van der Waals surface area contributed by atoms with Gasteiger partial charge >= 0.3 is 6.03 Å². The van der Waals surface area contributed by atoms with E-state index in [2.05, 4.69) is 5.32 Å². The number of hydrogen-bond donors (Lipinski definition) is 1. The van der Waals surface area contributed by atoms with E-state index in [-0.39, 0.29) is 7.46 Å². The highest BCUT2D eigenvalue weighted by Crippen LogP contribution is 2.26. The van der Waals surface area contributed by atoms with E-state index in [0.717, 1.165) is 4.90 Å². The smallest absolute Gasteiger partial charge is 0.317 e. The van der Waals surface area contributed by atoms with Gasteiger partial charge in [0.25, 0.3) is 5.92 Å². The molecule has 78 valence electrons. The zero-order valence-corrected chi connectivity index (χ0v) is 7.81. The molecule has 0 radical (unpaired) electrons. The molecule has 1 fully saturated rings. The maximum atomic E-state index is 12.3. The molecule has 1 N–H and O–H groups in total. The van der Waals surface area contributed by atoms with Crippen LogP contribution in [0.5, 0.6) is 0 Å². The number of alkyl halides is 2. The second-order valence-corrected chi connectivity index (χ2v) is 3.79. The Kier molecular flexibility index (Phi) is 2.73. The molecule has 0 bridgehead atoms. The molecule has 3 nitrogen and oxygen atoms in total. The molecular formula is C8H16F2N2O. The Bertz CT molecular complexity index is 204. The summed E-state index contributed by atoms with van der Waals surface area (Å²) in [7, 11) is 0. The molecule has 1 aliphatic heterocycles. The van der Waals surface area contributed by atoms with Gasteiger partial charge < -0.3 is 10.2 Å². The summed E-state index contributed by atoms with van der Waals surface area (Å²) in [6.45, 7) is 3.53. The van der Waals surface area contributed by atoms with Crippen molar-refractivity contribution in [1.82, 2.24) is 10.2 Å². The summed E-state index contributed by atoms with van der Waals surface area (Å²) in [5.74, 6) is -2.33. The van der Waals surface area contributed by atoms with Gasteiger partial charge in [-0.3, -0.25) is 0 Å². The van der Waals surface area contributed by atoms with Crippen molar-refractivity contribution in [3.05, 3.63) is 0 Å². The van der Waals surface area contributed by atoms with Crippen molar-refractivity contribution in [3.8, 4) is 0 Å². The molecule has 2 amide bonds. The Labute approximate surface area is 77.6 Å². The largest absolute Gasteiger partial charge is 0.338 e. The molecule has 1 rings (SSSR count). The molecule has 0 aromatic rings. The van der Waals surface area contributed by atoms with Crippen molar-refractivity contribution < 1.29 is 15.0 Å². The highest BCUT2D eigenvalue weighted by Gasteiger charge is 2.46. The minimum Gasteiger partial charge on any atom is -0.338 e. The first-order valence-corrected chi connectivity index (χ1v) is 4.31. The fraction of sp³-hybridized carbons (Fsp3) is 0.875. The van der Waals surface area contributed by atoms with E-state index >= 15 is 0 Å². The van der Waals surface area contributed by atoms with E-state index in [1.54, 1.807) is 0 Å². The molecule has 1 saturated heterocycles. The third-order valence-electron chi connectivity index (χ3n) is 1.79. The molecule has 0 atom stereocenters. The molecule has 13 heavy (non-hydrogen) atoms. The third kappa shape index (κ3) is 2.82. The average molecular weight is 194 g/mol. The van der Waals surface area contributed by atoms with Gasteiger partial charge in [-0.2, -0.15) is 0 Å². The summed E-state index contributed by atoms with van der Waals surface area (Å²) in [4.78, 5) is 12.2. The highest BCUT2D eigenvalue weighted by atomic mass is 19.3. The summed E-state index contributed by atoms with van der Waals surface area (Å²) in [5, 5.41) is 2.58. The molecule has 0 unspecified atom stereocenters. The summed E-state index contributed by atoms with van der Waals surface area (Å²) < 4.78 is 24.7. The van der Waals surface area contributed by atoms with Crippen molar-refractivity contribution in [2.45, 2.75) is 19.8 Å². The Morgan fingerprint density at radius 2 is 2.15 bits per heavy atom. The van der Waals surface area contributed by atoms with E-state index < -0.39 is 19.0 Å². The van der Waals surface area contributed by atoms with E-state index in [9.17, 15) is 13.6 Å². The summed E-state index contributed by atoms with van der Waals surface area (Å²) in [5.41, 5.74) is 0. The van der Waals surface area contributed by atoms with Crippen LogP contribution >= 0.6 is 0 Å². The van der Waals surface area contributed by atoms with Crippen LogP contribution in [0.4, 0.5) is 13.6 Å². The summed E-state index contributed by atoms with van der Waals surface area (Å²) in [6, 6.07) is -0.389. The fourth-order valence-corrected chi connectivity index (χ4v) is 1.06. The van der Waals surface area contributed by atoms with Crippen LogP contribution < -0.4 is 5.32 Å². The predicted molar refractivity (Wildman–Crippen MR) is 46.9 cm³/mol. The standard InChI is InChI=1S/C8H14F2N2O.H2/c1-6(2)3-11-7(13)12-4-8(9,10)5-12;/h6H,3-5H2,1-2H3,(H,11,13);1H. The first kappa shape index (κ1) is 10.2. The molecule has 0 aliphatic carbocycles. The second-order valence-electron chi connectivity index (χ2n) is 3.79. The molecule has 1 aliphatic rings. The van der Waals surface area contributed by atoms with Crippen molar-refractivity contribution >= 4 is 6.03 Å². The Morgan fingerprint density at radius 1 is 1.62 bits per heavy atom. The number of rotatable bonds is 2. The lowest BCUT2D eigenvalue weighted by molar-refractivity contribution is -0.109. The molecule has 0 aromatic heterocycles. The van der Waals surface area contributed by atoms with Gasteiger partial charge in [-0.1, -0.05) is 13.8 Å². The van der Waals surface area contributed by atoms with E-state index in [4.69, 9.17) is 0 Å². The van der Waals surface area contributed by atoms with Crippen LogP contribution in [0, 0.1) is 5.92 Å². The SMILES string of the molecule is CC(C)CNC(=O)N1CC(F)(F)C1.[HH]. The number of carbonyl (C=O) groups excluding carboxylic acids is 1. The van der Waals surface area contributed by atoms with Crippen LogP contribution in [0.2, 0.25) is 0 Å².